The van der Waals surface area contributed by atoms with Gasteiger partial charge in [0.15, 0.2) is 11.6 Å². The number of halogens is 2. The molecule has 3 rings (SSSR count). The highest BCUT2D eigenvalue weighted by Gasteiger charge is 2.25. The smallest absolute Gasteiger partial charge is 0.271 e. The minimum absolute atomic E-state index is 0.00132. The second kappa shape index (κ2) is 7.40. The molecule has 2 heterocycles. The Kier molecular flexibility index (Phi) is 5.25. The van der Waals surface area contributed by atoms with Crippen molar-refractivity contribution >= 4 is 34.7 Å². The summed E-state index contributed by atoms with van der Waals surface area (Å²) in [5, 5.41) is 6.08. The molecule has 2 N–H and O–H groups in total. The lowest BCUT2D eigenvalue weighted by atomic mass is 9.91. The van der Waals surface area contributed by atoms with Gasteiger partial charge in [-0.25, -0.2) is 14.4 Å². The van der Waals surface area contributed by atoms with Gasteiger partial charge in [-0.3, -0.25) is 4.79 Å². The number of hydrogen-bond acceptors (Lipinski definition) is 6. The van der Waals surface area contributed by atoms with E-state index in [2.05, 4.69) is 25.6 Å². The van der Waals surface area contributed by atoms with Crippen LogP contribution >= 0.6 is 22.9 Å². The summed E-state index contributed by atoms with van der Waals surface area (Å²) >= 11 is 7.16. The second-order valence-electron chi connectivity index (χ2n) is 5.77. The van der Waals surface area contributed by atoms with Gasteiger partial charge in [0.2, 0.25) is 5.28 Å². The summed E-state index contributed by atoms with van der Waals surface area (Å²) in [4.78, 5) is 24.7. The molecule has 0 spiro atoms. The van der Waals surface area contributed by atoms with Gasteiger partial charge in [-0.05, 0) is 44.2 Å². The summed E-state index contributed by atoms with van der Waals surface area (Å²) in [6, 6.07) is 0.0336. The van der Waals surface area contributed by atoms with Gasteiger partial charge in [-0.2, -0.15) is 4.98 Å². The van der Waals surface area contributed by atoms with E-state index in [0.29, 0.717) is 12.1 Å². The molecule has 0 saturated heterocycles. The van der Waals surface area contributed by atoms with Crippen molar-refractivity contribution in [1.29, 1.82) is 0 Å². The van der Waals surface area contributed by atoms with E-state index in [-0.39, 0.29) is 29.1 Å². The molecule has 2 aromatic rings. The minimum Gasteiger partial charge on any atom is -0.365 e. The third-order valence-corrected chi connectivity index (χ3v) is 4.96. The quantitative estimate of drug-likeness (QED) is 0.809. The molecule has 1 saturated carbocycles. The lowest BCUT2D eigenvalue weighted by Crippen LogP contribution is -2.42. The van der Waals surface area contributed by atoms with E-state index >= 15 is 0 Å². The first-order chi connectivity index (χ1) is 11.5. The maximum atomic E-state index is 13.7. The van der Waals surface area contributed by atoms with Crippen LogP contribution in [0.25, 0.3) is 0 Å². The van der Waals surface area contributed by atoms with Crippen LogP contribution in [0.15, 0.2) is 11.7 Å². The average molecular weight is 370 g/mol. The predicted molar refractivity (Wildman–Crippen MR) is 91.0 cm³/mol. The van der Waals surface area contributed by atoms with Crippen LogP contribution < -0.4 is 10.6 Å². The van der Waals surface area contributed by atoms with Crippen LogP contribution in [-0.4, -0.2) is 32.9 Å². The van der Waals surface area contributed by atoms with Gasteiger partial charge in [-0.1, -0.05) is 0 Å². The lowest BCUT2D eigenvalue weighted by Gasteiger charge is -2.30. The third kappa shape index (κ3) is 3.99. The van der Waals surface area contributed by atoms with Gasteiger partial charge < -0.3 is 10.6 Å². The van der Waals surface area contributed by atoms with Gasteiger partial charge >= 0.3 is 0 Å². The van der Waals surface area contributed by atoms with Crippen molar-refractivity contribution < 1.29 is 9.18 Å². The molecule has 0 bridgehead atoms. The molecule has 24 heavy (non-hydrogen) atoms. The van der Waals surface area contributed by atoms with Gasteiger partial charge in [0, 0.05) is 17.0 Å². The lowest BCUT2D eigenvalue weighted by molar-refractivity contribution is 0.0921. The Hall–Kier alpha value is -1.80. The first kappa shape index (κ1) is 17.0. The summed E-state index contributed by atoms with van der Waals surface area (Å²) in [6.45, 7) is 1.87. The number of anilines is 1. The van der Waals surface area contributed by atoms with Crippen LogP contribution in [0, 0.1) is 12.7 Å². The number of rotatable bonds is 4. The maximum absolute atomic E-state index is 13.7. The highest BCUT2D eigenvalue weighted by Crippen LogP contribution is 2.23. The minimum atomic E-state index is -0.538. The Bertz CT molecular complexity index is 740. The zero-order chi connectivity index (χ0) is 17.1. The van der Waals surface area contributed by atoms with Crippen molar-refractivity contribution in [2.45, 2.75) is 44.7 Å². The van der Waals surface area contributed by atoms with Crippen LogP contribution in [0.3, 0.4) is 0 Å². The fourth-order valence-electron chi connectivity index (χ4n) is 2.87. The molecule has 1 fully saturated rings. The molecule has 9 heteroatoms. The molecule has 128 valence electrons. The number of aryl methyl sites for hydroxylation is 1. The summed E-state index contributed by atoms with van der Waals surface area (Å²) < 4.78 is 13.7. The summed E-state index contributed by atoms with van der Waals surface area (Å²) in [5.74, 6) is -0.596. The monoisotopic (exact) mass is 369 g/mol. The zero-order valence-electron chi connectivity index (χ0n) is 13.1. The number of aromatic nitrogens is 3. The number of nitrogens with one attached hydrogen (secondary N) is 2. The van der Waals surface area contributed by atoms with Crippen molar-refractivity contribution in [2.24, 2.45) is 0 Å². The average Bonchev–Trinajstić information content (AvgIpc) is 2.97. The molecule has 1 amide bonds. The molecule has 0 unspecified atom stereocenters. The van der Waals surface area contributed by atoms with Gasteiger partial charge in [-0.15, -0.1) is 11.3 Å². The molecular weight excluding hydrogens is 353 g/mol. The standard InChI is InChI=1S/C15H17ClFN5OS/c1-8-12(19-7-24-8)14(23)21-10-4-2-3-9(5-10)20-13-11(17)6-18-15(16)22-13/h6-7,9-10H,2-5H2,1H3,(H,21,23)(H,18,20,22)/t9-,10+/m1/s1. The fourth-order valence-corrected chi connectivity index (χ4v) is 3.58. The number of hydrogen-bond donors (Lipinski definition) is 2. The van der Waals surface area contributed by atoms with Gasteiger partial charge in [0.1, 0.15) is 5.69 Å². The van der Waals surface area contributed by atoms with Crippen LogP contribution in [0.4, 0.5) is 10.2 Å². The van der Waals surface area contributed by atoms with Crippen molar-refractivity contribution in [3.63, 3.8) is 0 Å². The number of nitrogens with zero attached hydrogens (tertiary/aromatic N) is 3. The van der Waals surface area contributed by atoms with E-state index in [0.717, 1.165) is 30.3 Å². The Balaban J connectivity index is 1.61. The molecule has 1 aliphatic rings. The van der Waals surface area contributed by atoms with Crippen molar-refractivity contribution in [1.82, 2.24) is 20.3 Å². The molecule has 1 aliphatic carbocycles. The summed E-state index contributed by atoms with van der Waals surface area (Å²) in [5.41, 5.74) is 2.14. The highest BCUT2D eigenvalue weighted by atomic mass is 35.5. The first-order valence-corrected chi connectivity index (χ1v) is 8.94. The molecule has 0 aliphatic heterocycles. The molecular formula is C15H17ClFN5OS. The number of carbonyl (C=O) groups is 1. The molecule has 0 radical (unpaired) electrons. The van der Waals surface area contributed by atoms with E-state index in [1.165, 1.54) is 11.3 Å². The summed E-state index contributed by atoms with van der Waals surface area (Å²) in [6.07, 6.45) is 4.43. The van der Waals surface area contributed by atoms with E-state index in [4.69, 9.17) is 11.6 Å². The van der Waals surface area contributed by atoms with E-state index in [1.54, 1.807) is 5.51 Å². The molecule has 6 nitrogen and oxygen atoms in total. The van der Waals surface area contributed by atoms with Gasteiger partial charge in [0.25, 0.3) is 5.91 Å². The topological polar surface area (TPSA) is 79.8 Å². The number of thiazole rings is 1. The predicted octanol–water partition coefficient (Wildman–Crippen LogP) is 3.19. The highest BCUT2D eigenvalue weighted by molar-refractivity contribution is 7.09. The largest absolute Gasteiger partial charge is 0.365 e. The van der Waals surface area contributed by atoms with Crippen molar-refractivity contribution in [2.75, 3.05) is 5.32 Å². The Morgan fingerprint density at radius 2 is 2.17 bits per heavy atom. The van der Waals surface area contributed by atoms with Crippen molar-refractivity contribution in [3.8, 4) is 0 Å². The third-order valence-electron chi connectivity index (χ3n) is 4.02. The second-order valence-corrected chi connectivity index (χ2v) is 7.17. The van der Waals surface area contributed by atoms with Crippen LogP contribution in [0.2, 0.25) is 5.28 Å². The Morgan fingerprint density at radius 1 is 1.38 bits per heavy atom. The van der Waals surface area contributed by atoms with Crippen LogP contribution in [-0.2, 0) is 0 Å². The molecule has 0 aromatic carbocycles. The fraction of sp³-hybridized carbons (Fsp3) is 0.467. The number of amides is 1. The molecule has 2 atom stereocenters. The van der Waals surface area contributed by atoms with Crippen molar-refractivity contribution in [3.05, 3.63) is 33.4 Å². The summed E-state index contributed by atoms with van der Waals surface area (Å²) in [7, 11) is 0. The first-order valence-electron chi connectivity index (χ1n) is 7.68. The zero-order valence-corrected chi connectivity index (χ0v) is 14.6. The molecule has 2 aromatic heterocycles. The SMILES string of the molecule is Cc1scnc1C(=O)N[C@H]1CCC[C@@H](Nc2nc(Cl)ncc2F)C1. The normalized spacial score (nSPS) is 20.6. The Morgan fingerprint density at radius 3 is 2.92 bits per heavy atom. The Labute approximate surface area is 147 Å². The maximum Gasteiger partial charge on any atom is 0.271 e. The van der Waals surface area contributed by atoms with Gasteiger partial charge in [0.05, 0.1) is 11.7 Å². The van der Waals surface area contributed by atoms with Crippen LogP contribution in [0.1, 0.15) is 41.0 Å². The van der Waals surface area contributed by atoms with E-state index in [9.17, 15) is 9.18 Å². The van der Waals surface area contributed by atoms with Crippen LogP contribution in [0.5, 0.6) is 0 Å². The van der Waals surface area contributed by atoms with E-state index in [1.807, 2.05) is 6.92 Å². The van der Waals surface area contributed by atoms with E-state index < -0.39 is 5.82 Å². The number of carbonyl (C=O) groups excluding carboxylic acids is 1.